The molecule has 2 atom stereocenters. The van der Waals surface area contributed by atoms with Crippen LogP contribution in [-0.4, -0.2) is 23.0 Å². The molecular formula is C21H21NO2. The zero-order chi connectivity index (χ0) is 16.9. The van der Waals surface area contributed by atoms with E-state index in [9.17, 15) is 10.2 Å². The lowest BCUT2D eigenvalue weighted by atomic mass is 9.81. The van der Waals surface area contributed by atoms with E-state index in [0.717, 1.165) is 5.56 Å². The lowest BCUT2D eigenvalue weighted by molar-refractivity contribution is -0.000532. The predicted molar refractivity (Wildman–Crippen MR) is 97.5 cm³/mol. The van der Waals surface area contributed by atoms with Crippen molar-refractivity contribution in [2.75, 3.05) is 6.61 Å². The third kappa shape index (κ3) is 2.09. The normalized spacial score (nSPS) is 16.0. The van der Waals surface area contributed by atoms with Gasteiger partial charge in [0.2, 0.25) is 0 Å². The molecule has 0 saturated carbocycles. The first-order chi connectivity index (χ1) is 11.5. The van der Waals surface area contributed by atoms with Crippen molar-refractivity contribution in [1.29, 1.82) is 0 Å². The van der Waals surface area contributed by atoms with E-state index in [4.69, 9.17) is 5.73 Å². The number of hydrogen-bond acceptors (Lipinski definition) is 3. The summed E-state index contributed by atoms with van der Waals surface area (Å²) in [4.78, 5) is 0. The van der Waals surface area contributed by atoms with Crippen LogP contribution >= 0.6 is 0 Å². The van der Waals surface area contributed by atoms with E-state index in [1.807, 2.05) is 6.92 Å². The first kappa shape index (κ1) is 15.3. The highest BCUT2D eigenvalue weighted by Gasteiger charge is 2.31. The minimum absolute atomic E-state index is 0.159. The van der Waals surface area contributed by atoms with E-state index >= 15 is 0 Å². The molecule has 24 heavy (non-hydrogen) atoms. The van der Waals surface area contributed by atoms with Gasteiger partial charge in [-0.25, -0.2) is 0 Å². The van der Waals surface area contributed by atoms with Gasteiger partial charge in [0.05, 0.1) is 6.61 Å². The number of aliphatic hydroxyl groups is 2. The van der Waals surface area contributed by atoms with Gasteiger partial charge in [-0.1, -0.05) is 61.5 Å². The van der Waals surface area contributed by atoms with Gasteiger partial charge in [0.1, 0.15) is 6.23 Å². The highest BCUT2D eigenvalue weighted by Crippen LogP contribution is 2.48. The van der Waals surface area contributed by atoms with E-state index in [2.05, 4.69) is 54.6 Å². The summed E-state index contributed by atoms with van der Waals surface area (Å²) in [7, 11) is 0. The molecule has 0 aliphatic heterocycles. The molecule has 3 heteroatoms. The number of fused-ring (bicyclic) bond motifs is 3. The fraction of sp³-hybridized carbons (Fsp3) is 0.238. The maximum Gasteiger partial charge on any atom is 0.110 e. The molecule has 0 bridgehead atoms. The molecule has 0 spiro atoms. The number of rotatable bonds is 4. The second kappa shape index (κ2) is 5.42. The van der Waals surface area contributed by atoms with Crippen molar-refractivity contribution < 1.29 is 10.2 Å². The number of hydrogen-bond donors (Lipinski definition) is 3. The first-order valence-corrected chi connectivity index (χ1v) is 8.24. The quantitative estimate of drug-likeness (QED) is 0.506. The van der Waals surface area contributed by atoms with Gasteiger partial charge in [-0.05, 0) is 45.0 Å². The minimum Gasteiger partial charge on any atom is -0.396 e. The summed E-state index contributed by atoms with van der Waals surface area (Å²) in [6, 6.07) is 19.0. The van der Waals surface area contributed by atoms with Crippen LogP contribution in [0.4, 0.5) is 0 Å². The second-order valence-corrected chi connectivity index (χ2v) is 6.98. The van der Waals surface area contributed by atoms with Crippen LogP contribution in [0.1, 0.15) is 12.5 Å². The van der Waals surface area contributed by atoms with Crippen molar-refractivity contribution >= 4 is 10.8 Å². The highest BCUT2D eigenvalue weighted by molar-refractivity contribution is 6.15. The Balaban J connectivity index is 1.92. The maximum absolute atomic E-state index is 9.89. The van der Waals surface area contributed by atoms with Crippen molar-refractivity contribution in [3.8, 4) is 22.3 Å². The van der Waals surface area contributed by atoms with Crippen molar-refractivity contribution in [2.24, 2.45) is 11.1 Å². The summed E-state index contributed by atoms with van der Waals surface area (Å²) in [6.07, 6.45) is -0.541. The Morgan fingerprint density at radius 3 is 2.17 bits per heavy atom. The number of aliphatic hydroxyl groups excluding tert-OH is 2. The lowest BCUT2D eigenvalue weighted by Gasteiger charge is -2.30. The Labute approximate surface area is 141 Å². The van der Waals surface area contributed by atoms with Crippen LogP contribution in [0.25, 0.3) is 33.0 Å². The molecule has 3 nitrogen and oxygen atoms in total. The summed E-state index contributed by atoms with van der Waals surface area (Å²) in [5.74, 6) is 0. The highest BCUT2D eigenvalue weighted by atomic mass is 16.3. The number of benzene rings is 3. The Hall–Kier alpha value is -2.20. The van der Waals surface area contributed by atoms with Gasteiger partial charge >= 0.3 is 0 Å². The average molecular weight is 319 g/mol. The largest absolute Gasteiger partial charge is 0.396 e. The Morgan fingerprint density at radius 1 is 0.917 bits per heavy atom. The summed E-state index contributed by atoms with van der Waals surface area (Å²) in [5, 5.41) is 22.0. The topological polar surface area (TPSA) is 66.5 Å². The van der Waals surface area contributed by atoms with Gasteiger partial charge in [-0.15, -0.1) is 0 Å². The Morgan fingerprint density at radius 2 is 1.54 bits per heavy atom. The molecule has 3 aromatic rings. The van der Waals surface area contributed by atoms with Crippen molar-refractivity contribution in [3.63, 3.8) is 0 Å². The van der Waals surface area contributed by atoms with Gasteiger partial charge in [0, 0.05) is 5.41 Å². The van der Waals surface area contributed by atoms with Crippen LogP contribution in [0.3, 0.4) is 0 Å². The SMILES string of the molecule is CC(CO)(Cc1ccc2c3c(cccc13)-c1ccccc1-2)C(N)O. The van der Waals surface area contributed by atoms with E-state index < -0.39 is 11.6 Å². The average Bonchev–Trinajstić information content (AvgIpc) is 2.93. The Bertz CT molecular complexity index is 903. The van der Waals surface area contributed by atoms with E-state index in [-0.39, 0.29) is 6.61 Å². The molecule has 0 saturated heterocycles. The molecule has 122 valence electrons. The van der Waals surface area contributed by atoms with Crippen LogP contribution in [0.15, 0.2) is 54.6 Å². The van der Waals surface area contributed by atoms with Crippen molar-refractivity contribution in [3.05, 3.63) is 60.2 Å². The minimum atomic E-state index is -1.07. The standard InChI is InChI=1S/C21H21NO2/c1-21(12-23,20(22)24)11-13-9-10-18-16-6-3-2-5-15(16)17-8-4-7-14(13)19(17)18/h2-10,20,23-24H,11-12,22H2,1H3. The Kier molecular flexibility index (Phi) is 3.46. The van der Waals surface area contributed by atoms with Gasteiger partial charge in [0.25, 0.3) is 0 Å². The van der Waals surface area contributed by atoms with Crippen molar-refractivity contribution in [2.45, 2.75) is 19.6 Å². The fourth-order valence-corrected chi connectivity index (χ4v) is 3.71. The van der Waals surface area contributed by atoms with Crippen LogP contribution in [0.5, 0.6) is 0 Å². The molecule has 1 aliphatic rings. The molecule has 4 N–H and O–H groups in total. The van der Waals surface area contributed by atoms with Gasteiger partial charge < -0.3 is 15.9 Å². The molecule has 2 unspecified atom stereocenters. The van der Waals surface area contributed by atoms with E-state index in [0.29, 0.717) is 6.42 Å². The molecule has 3 aromatic carbocycles. The third-order valence-electron chi connectivity index (χ3n) is 5.31. The van der Waals surface area contributed by atoms with Crippen molar-refractivity contribution in [1.82, 2.24) is 0 Å². The second-order valence-electron chi connectivity index (χ2n) is 6.98. The molecule has 0 amide bonds. The van der Waals surface area contributed by atoms with Crippen LogP contribution < -0.4 is 5.73 Å². The van der Waals surface area contributed by atoms with E-state index in [1.165, 1.54) is 33.0 Å². The number of nitrogens with two attached hydrogens (primary N) is 1. The van der Waals surface area contributed by atoms with Gasteiger partial charge in [-0.2, -0.15) is 0 Å². The molecule has 1 aliphatic carbocycles. The van der Waals surface area contributed by atoms with Crippen LogP contribution in [0, 0.1) is 5.41 Å². The van der Waals surface area contributed by atoms with Gasteiger partial charge in [-0.3, -0.25) is 0 Å². The summed E-state index contributed by atoms with van der Waals surface area (Å²) >= 11 is 0. The van der Waals surface area contributed by atoms with E-state index in [1.54, 1.807) is 0 Å². The molecule has 0 radical (unpaired) electrons. The first-order valence-electron chi connectivity index (χ1n) is 8.24. The lowest BCUT2D eigenvalue weighted by Crippen LogP contribution is -2.43. The molecule has 0 fully saturated rings. The predicted octanol–water partition coefficient (Wildman–Crippen LogP) is 3.31. The monoisotopic (exact) mass is 319 g/mol. The van der Waals surface area contributed by atoms with Crippen LogP contribution in [-0.2, 0) is 6.42 Å². The molecule has 0 heterocycles. The molecule has 4 rings (SSSR count). The smallest absolute Gasteiger partial charge is 0.110 e. The molecular weight excluding hydrogens is 298 g/mol. The fourth-order valence-electron chi connectivity index (χ4n) is 3.71. The zero-order valence-corrected chi connectivity index (χ0v) is 13.7. The summed E-state index contributed by atoms with van der Waals surface area (Å²) in [5.41, 5.74) is 11.1. The third-order valence-corrected chi connectivity index (χ3v) is 5.31. The van der Waals surface area contributed by atoms with Crippen LogP contribution in [0.2, 0.25) is 0 Å². The molecule has 0 aromatic heterocycles. The maximum atomic E-state index is 9.89. The summed E-state index contributed by atoms with van der Waals surface area (Å²) < 4.78 is 0. The zero-order valence-electron chi connectivity index (χ0n) is 13.7. The van der Waals surface area contributed by atoms with Gasteiger partial charge in [0.15, 0.2) is 0 Å². The summed E-state index contributed by atoms with van der Waals surface area (Å²) in [6.45, 7) is 1.66.